The summed E-state index contributed by atoms with van der Waals surface area (Å²) in [4.78, 5) is 0. The molecule has 0 heterocycles. The number of methoxy groups -OCH3 is 1. The zero-order chi connectivity index (χ0) is 12.3. The Bertz CT molecular complexity index is 369. The number of hydrogen-bond donors (Lipinski definition) is 1. The van der Waals surface area contributed by atoms with Crippen LogP contribution in [-0.2, 0) is 6.42 Å². The van der Waals surface area contributed by atoms with E-state index in [9.17, 15) is 0 Å². The molecule has 1 saturated carbocycles. The zero-order valence-corrected chi connectivity index (χ0v) is 11.1. The summed E-state index contributed by atoms with van der Waals surface area (Å²) in [7, 11) is 1.74. The van der Waals surface area contributed by atoms with E-state index in [4.69, 9.17) is 4.74 Å². The first-order valence-corrected chi connectivity index (χ1v) is 6.46. The molecule has 0 bridgehead atoms. The summed E-state index contributed by atoms with van der Waals surface area (Å²) in [6.45, 7) is 5.71. The normalized spacial score (nSPS) is 15.9. The van der Waals surface area contributed by atoms with Gasteiger partial charge < -0.3 is 10.1 Å². The van der Waals surface area contributed by atoms with Crippen molar-refractivity contribution in [2.45, 2.75) is 39.2 Å². The van der Waals surface area contributed by atoms with Crippen molar-refractivity contribution in [3.63, 3.8) is 0 Å². The molecule has 0 spiro atoms. The van der Waals surface area contributed by atoms with Crippen LogP contribution in [0.15, 0.2) is 24.3 Å². The molecule has 0 aliphatic heterocycles. The molecule has 0 aromatic heterocycles. The number of para-hydroxylation sites is 1. The third kappa shape index (κ3) is 3.74. The lowest BCUT2D eigenvalue weighted by Gasteiger charge is -2.26. The molecule has 1 aromatic rings. The van der Waals surface area contributed by atoms with Crippen molar-refractivity contribution in [1.82, 2.24) is 5.32 Å². The van der Waals surface area contributed by atoms with Gasteiger partial charge in [0.2, 0.25) is 0 Å². The highest BCUT2D eigenvalue weighted by Gasteiger charge is 2.26. The Balaban J connectivity index is 1.96. The van der Waals surface area contributed by atoms with Crippen molar-refractivity contribution in [3.8, 4) is 5.75 Å². The molecule has 2 nitrogen and oxygen atoms in total. The smallest absolute Gasteiger partial charge is 0.122 e. The van der Waals surface area contributed by atoms with E-state index in [1.54, 1.807) is 7.11 Å². The lowest BCUT2D eigenvalue weighted by atomic mass is 9.85. The van der Waals surface area contributed by atoms with Gasteiger partial charge in [-0.1, -0.05) is 32.0 Å². The van der Waals surface area contributed by atoms with Gasteiger partial charge in [-0.2, -0.15) is 0 Å². The average Bonchev–Trinajstić information content (AvgIpc) is 3.11. The second-order valence-electron chi connectivity index (χ2n) is 5.81. The van der Waals surface area contributed by atoms with E-state index < -0.39 is 0 Å². The topological polar surface area (TPSA) is 21.3 Å². The number of rotatable bonds is 6. The summed E-state index contributed by atoms with van der Waals surface area (Å²) in [5, 5.41) is 3.61. The lowest BCUT2D eigenvalue weighted by Crippen LogP contribution is -2.32. The molecule has 0 amide bonds. The minimum Gasteiger partial charge on any atom is -0.496 e. The summed E-state index contributed by atoms with van der Waals surface area (Å²) in [6.07, 6.45) is 3.76. The highest BCUT2D eigenvalue weighted by Crippen LogP contribution is 2.28. The van der Waals surface area contributed by atoms with Gasteiger partial charge in [0.1, 0.15) is 5.75 Å². The highest BCUT2D eigenvalue weighted by atomic mass is 16.5. The van der Waals surface area contributed by atoms with Crippen molar-refractivity contribution >= 4 is 0 Å². The van der Waals surface area contributed by atoms with Gasteiger partial charge in [0.25, 0.3) is 0 Å². The molecule has 94 valence electrons. The molecule has 2 rings (SSSR count). The fourth-order valence-corrected chi connectivity index (χ4v) is 2.14. The molecule has 1 aliphatic carbocycles. The predicted molar refractivity (Wildman–Crippen MR) is 71.5 cm³/mol. The van der Waals surface area contributed by atoms with Crippen LogP contribution in [0.2, 0.25) is 0 Å². The van der Waals surface area contributed by atoms with Crippen LogP contribution in [0.4, 0.5) is 0 Å². The van der Waals surface area contributed by atoms with Gasteiger partial charge in [-0.15, -0.1) is 0 Å². The fraction of sp³-hybridized carbons (Fsp3) is 0.600. The van der Waals surface area contributed by atoms with Crippen molar-refractivity contribution in [2.75, 3.05) is 13.7 Å². The van der Waals surface area contributed by atoms with Crippen LogP contribution in [0.1, 0.15) is 32.3 Å². The molecule has 0 saturated heterocycles. The SMILES string of the molecule is COc1ccccc1CC(C)(C)CNC1CC1. The minimum absolute atomic E-state index is 0.275. The number of nitrogens with one attached hydrogen (secondary N) is 1. The maximum Gasteiger partial charge on any atom is 0.122 e. The molecule has 1 aliphatic rings. The Kier molecular flexibility index (Phi) is 3.72. The highest BCUT2D eigenvalue weighted by molar-refractivity contribution is 5.34. The molecule has 1 N–H and O–H groups in total. The van der Waals surface area contributed by atoms with Gasteiger partial charge in [0.15, 0.2) is 0 Å². The maximum absolute atomic E-state index is 5.41. The van der Waals surface area contributed by atoms with Crippen molar-refractivity contribution in [1.29, 1.82) is 0 Å². The summed E-state index contributed by atoms with van der Waals surface area (Å²) >= 11 is 0. The van der Waals surface area contributed by atoms with Crippen molar-refractivity contribution < 1.29 is 4.74 Å². The standard InChI is InChI=1S/C15H23NO/c1-15(2,11-16-13-8-9-13)10-12-6-4-5-7-14(12)17-3/h4-7,13,16H,8-11H2,1-3H3. The van der Waals surface area contributed by atoms with E-state index >= 15 is 0 Å². The molecule has 0 radical (unpaired) electrons. The van der Waals surface area contributed by atoms with Gasteiger partial charge in [-0.25, -0.2) is 0 Å². The Morgan fingerprint density at radius 1 is 1.29 bits per heavy atom. The minimum atomic E-state index is 0.275. The predicted octanol–water partition coefficient (Wildman–Crippen LogP) is 3.02. The van der Waals surface area contributed by atoms with E-state index in [1.165, 1.54) is 18.4 Å². The monoisotopic (exact) mass is 233 g/mol. The van der Waals surface area contributed by atoms with Crippen LogP contribution in [0.5, 0.6) is 5.75 Å². The molecule has 0 atom stereocenters. The van der Waals surface area contributed by atoms with E-state index in [0.717, 1.165) is 24.8 Å². The summed E-state index contributed by atoms with van der Waals surface area (Å²) in [5.41, 5.74) is 1.58. The molecule has 1 fully saturated rings. The van der Waals surface area contributed by atoms with Crippen molar-refractivity contribution in [3.05, 3.63) is 29.8 Å². The zero-order valence-electron chi connectivity index (χ0n) is 11.1. The first kappa shape index (κ1) is 12.4. The van der Waals surface area contributed by atoms with Crippen LogP contribution in [0.3, 0.4) is 0 Å². The van der Waals surface area contributed by atoms with E-state index in [1.807, 2.05) is 12.1 Å². The summed E-state index contributed by atoms with van der Waals surface area (Å²) < 4.78 is 5.41. The molecule has 1 aromatic carbocycles. The molecular weight excluding hydrogens is 210 g/mol. The first-order valence-electron chi connectivity index (χ1n) is 6.46. The maximum atomic E-state index is 5.41. The molecule has 17 heavy (non-hydrogen) atoms. The van der Waals surface area contributed by atoms with Crippen LogP contribution in [0.25, 0.3) is 0 Å². The number of hydrogen-bond acceptors (Lipinski definition) is 2. The Morgan fingerprint density at radius 2 is 2.00 bits per heavy atom. The van der Waals surface area contributed by atoms with Gasteiger partial charge in [-0.3, -0.25) is 0 Å². The molecule has 2 heteroatoms. The number of benzene rings is 1. The van der Waals surface area contributed by atoms with Crippen LogP contribution < -0.4 is 10.1 Å². The Labute approximate surface area is 104 Å². The second-order valence-corrected chi connectivity index (χ2v) is 5.81. The number of ether oxygens (including phenoxy) is 1. The van der Waals surface area contributed by atoms with E-state index in [-0.39, 0.29) is 5.41 Å². The quantitative estimate of drug-likeness (QED) is 0.815. The van der Waals surface area contributed by atoms with Gasteiger partial charge in [0.05, 0.1) is 7.11 Å². The summed E-state index contributed by atoms with van der Waals surface area (Å²) in [5.74, 6) is 1.01. The van der Waals surface area contributed by atoms with Gasteiger partial charge >= 0.3 is 0 Å². The summed E-state index contributed by atoms with van der Waals surface area (Å²) in [6, 6.07) is 9.10. The first-order chi connectivity index (χ1) is 8.11. The second kappa shape index (κ2) is 5.09. The van der Waals surface area contributed by atoms with Crippen LogP contribution in [0, 0.1) is 5.41 Å². The van der Waals surface area contributed by atoms with Gasteiger partial charge in [0, 0.05) is 12.6 Å². The van der Waals surface area contributed by atoms with Crippen LogP contribution >= 0.6 is 0 Å². The van der Waals surface area contributed by atoms with Gasteiger partial charge in [-0.05, 0) is 36.3 Å². The fourth-order valence-electron chi connectivity index (χ4n) is 2.14. The third-order valence-corrected chi connectivity index (χ3v) is 3.31. The van der Waals surface area contributed by atoms with E-state index in [0.29, 0.717) is 0 Å². The largest absolute Gasteiger partial charge is 0.496 e. The third-order valence-electron chi connectivity index (χ3n) is 3.31. The molecular formula is C15H23NO. The molecule has 0 unspecified atom stereocenters. The van der Waals surface area contributed by atoms with Crippen molar-refractivity contribution in [2.24, 2.45) is 5.41 Å². The lowest BCUT2D eigenvalue weighted by molar-refractivity contribution is 0.328. The van der Waals surface area contributed by atoms with E-state index in [2.05, 4.69) is 31.3 Å². The Hall–Kier alpha value is -1.02. The average molecular weight is 233 g/mol. The van der Waals surface area contributed by atoms with Crippen LogP contribution in [-0.4, -0.2) is 19.7 Å². The Morgan fingerprint density at radius 3 is 2.65 bits per heavy atom.